The van der Waals surface area contributed by atoms with Crippen LogP contribution in [-0.2, 0) is 22.5 Å². The number of sulfonamides is 1. The molecule has 2 N–H and O–H groups in total. The lowest BCUT2D eigenvalue weighted by molar-refractivity contribution is 0.196. The minimum atomic E-state index is -3.88. The topological polar surface area (TPSA) is 93.4 Å². The molecule has 0 aliphatic heterocycles. The maximum atomic E-state index is 13.2. The van der Waals surface area contributed by atoms with E-state index in [4.69, 9.17) is 9.84 Å². The fourth-order valence-corrected chi connectivity index (χ4v) is 4.33. The third kappa shape index (κ3) is 5.03. The average Bonchev–Trinajstić information content (AvgIpc) is 3.06. The van der Waals surface area contributed by atoms with Crippen molar-refractivity contribution in [2.75, 3.05) is 17.9 Å². The first-order valence-corrected chi connectivity index (χ1v) is 11.7. The molecule has 2 aromatic carbocycles. The van der Waals surface area contributed by atoms with Crippen molar-refractivity contribution in [3.63, 3.8) is 0 Å². The third-order valence-corrected chi connectivity index (χ3v) is 6.40. The summed E-state index contributed by atoms with van der Waals surface area (Å²) in [5, 5.41) is 13.5. The monoisotopic (exact) mass is 455 g/mol. The molecule has 1 heterocycles. The fourth-order valence-electron chi connectivity index (χ4n) is 3.23. The van der Waals surface area contributed by atoms with Crippen molar-refractivity contribution in [3.8, 4) is 17.0 Å². The van der Waals surface area contributed by atoms with Crippen molar-refractivity contribution in [2.24, 2.45) is 7.05 Å². The molecule has 3 aromatic rings. The van der Waals surface area contributed by atoms with Gasteiger partial charge in [-0.2, -0.15) is 0 Å². The Morgan fingerprint density at radius 1 is 1.12 bits per heavy atom. The lowest BCUT2D eigenvalue weighted by atomic mass is 9.87. The molecule has 0 fully saturated rings. The maximum Gasteiger partial charge on any atom is 0.263 e. The van der Waals surface area contributed by atoms with Crippen LogP contribution in [-0.4, -0.2) is 36.5 Å². The number of rotatable bonds is 8. The Hall–Kier alpha value is -3.10. The Morgan fingerprint density at radius 2 is 1.75 bits per heavy atom. The van der Waals surface area contributed by atoms with Crippen LogP contribution >= 0.6 is 0 Å². The molecular formula is C24H29N3O4S. The molecule has 7 nitrogen and oxygen atoms in total. The predicted octanol–water partition coefficient (Wildman–Crippen LogP) is 4.20. The summed E-state index contributed by atoms with van der Waals surface area (Å²) >= 11 is 0. The van der Waals surface area contributed by atoms with Crippen LogP contribution in [0.25, 0.3) is 17.2 Å². The lowest BCUT2D eigenvalue weighted by Gasteiger charge is -2.19. The highest BCUT2D eigenvalue weighted by molar-refractivity contribution is 7.92. The molecular weight excluding hydrogens is 426 g/mol. The Labute approximate surface area is 189 Å². The van der Waals surface area contributed by atoms with Gasteiger partial charge < -0.3 is 9.84 Å². The highest BCUT2D eigenvalue weighted by Crippen LogP contribution is 2.38. The molecule has 0 aliphatic carbocycles. The van der Waals surface area contributed by atoms with Gasteiger partial charge in [-0.05, 0) is 34.2 Å². The number of aliphatic hydroxyl groups is 1. The van der Waals surface area contributed by atoms with Crippen LogP contribution < -0.4 is 9.46 Å². The van der Waals surface area contributed by atoms with E-state index in [0.29, 0.717) is 5.56 Å². The second kappa shape index (κ2) is 9.18. The highest BCUT2D eigenvalue weighted by Gasteiger charge is 2.25. The van der Waals surface area contributed by atoms with Crippen LogP contribution in [0.4, 0.5) is 5.82 Å². The van der Waals surface area contributed by atoms with Gasteiger partial charge in [0.15, 0.2) is 0 Å². The van der Waals surface area contributed by atoms with Crippen molar-refractivity contribution >= 4 is 21.9 Å². The number of anilines is 1. The number of benzene rings is 2. The van der Waals surface area contributed by atoms with E-state index < -0.39 is 10.0 Å². The van der Waals surface area contributed by atoms with Crippen molar-refractivity contribution in [2.45, 2.75) is 31.1 Å². The Bertz CT molecular complexity index is 1190. The zero-order valence-electron chi connectivity index (χ0n) is 18.8. The molecule has 0 amide bonds. The average molecular weight is 456 g/mol. The zero-order chi connectivity index (χ0) is 23.5. The zero-order valence-corrected chi connectivity index (χ0v) is 19.6. The van der Waals surface area contributed by atoms with E-state index in [1.165, 1.54) is 4.68 Å². The Balaban J connectivity index is 2.04. The molecule has 0 aliphatic rings. The number of hydrogen-bond acceptors (Lipinski definition) is 5. The third-order valence-electron chi connectivity index (χ3n) is 5.04. The second-order valence-electron chi connectivity index (χ2n) is 8.43. The molecule has 0 atom stereocenters. The van der Waals surface area contributed by atoms with Gasteiger partial charge in [-0.15, -0.1) is 5.10 Å². The van der Waals surface area contributed by atoms with Gasteiger partial charge in [0.1, 0.15) is 12.4 Å². The van der Waals surface area contributed by atoms with Crippen LogP contribution in [0.3, 0.4) is 0 Å². The summed E-state index contributed by atoms with van der Waals surface area (Å²) in [7, 11) is -2.25. The minimum absolute atomic E-state index is 0.0369. The smallest absolute Gasteiger partial charge is 0.263 e. The SMILES string of the molecule is C=Cc1ccc(-c2c(OCCO)nn(C)c2NS(=O)(=O)c2ccc(C(C)(C)C)cc2)cc1. The largest absolute Gasteiger partial charge is 0.474 e. The normalized spacial score (nSPS) is 11.9. The number of aryl methyl sites for hydroxylation is 1. The molecule has 0 saturated carbocycles. The molecule has 8 heteroatoms. The van der Waals surface area contributed by atoms with E-state index in [2.05, 4.69) is 37.2 Å². The predicted molar refractivity (Wildman–Crippen MR) is 127 cm³/mol. The van der Waals surface area contributed by atoms with Crippen molar-refractivity contribution in [1.82, 2.24) is 9.78 Å². The summed E-state index contributed by atoms with van der Waals surface area (Å²) in [4.78, 5) is 0.150. The summed E-state index contributed by atoms with van der Waals surface area (Å²) in [5.74, 6) is 0.498. The number of nitrogens with one attached hydrogen (secondary N) is 1. The van der Waals surface area contributed by atoms with Crippen LogP contribution in [0.1, 0.15) is 31.9 Å². The summed E-state index contributed by atoms with van der Waals surface area (Å²) in [5.41, 5.74) is 3.10. The highest BCUT2D eigenvalue weighted by atomic mass is 32.2. The van der Waals surface area contributed by atoms with E-state index in [0.717, 1.165) is 16.7 Å². The van der Waals surface area contributed by atoms with Gasteiger partial charge in [-0.3, -0.25) is 4.72 Å². The van der Waals surface area contributed by atoms with E-state index in [1.54, 1.807) is 25.3 Å². The molecule has 0 radical (unpaired) electrons. The van der Waals surface area contributed by atoms with Crippen LogP contribution in [0, 0.1) is 0 Å². The minimum Gasteiger partial charge on any atom is -0.474 e. The number of hydrogen-bond donors (Lipinski definition) is 2. The molecule has 0 bridgehead atoms. The van der Waals surface area contributed by atoms with Gasteiger partial charge in [-0.25, -0.2) is 13.1 Å². The lowest BCUT2D eigenvalue weighted by Crippen LogP contribution is -2.17. The van der Waals surface area contributed by atoms with Crippen molar-refractivity contribution in [3.05, 3.63) is 66.2 Å². The summed E-state index contributed by atoms with van der Waals surface area (Å²) in [6.07, 6.45) is 1.72. The fraction of sp³-hybridized carbons (Fsp3) is 0.292. The van der Waals surface area contributed by atoms with Crippen LogP contribution in [0.2, 0.25) is 0 Å². The van der Waals surface area contributed by atoms with Crippen LogP contribution in [0.5, 0.6) is 5.88 Å². The van der Waals surface area contributed by atoms with E-state index in [9.17, 15) is 8.42 Å². The van der Waals surface area contributed by atoms with Gasteiger partial charge in [0.2, 0.25) is 5.88 Å². The van der Waals surface area contributed by atoms with E-state index in [1.807, 2.05) is 36.4 Å². The molecule has 0 unspecified atom stereocenters. The van der Waals surface area contributed by atoms with Crippen LogP contribution in [0.15, 0.2) is 60.0 Å². The molecule has 1 aromatic heterocycles. The number of nitrogens with zero attached hydrogens (tertiary/aromatic N) is 2. The molecule has 170 valence electrons. The number of aliphatic hydroxyl groups excluding tert-OH is 1. The van der Waals surface area contributed by atoms with Gasteiger partial charge in [0.25, 0.3) is 10.0 Å². The van der Waals surface area contributed by atoms with Crippen molar-refractivity contribution in [1.29, 1.82) is 0 Å². The van der Waals surface area contributed by atoms with Gasteiger partial charge in [0.05, 0.1) is 17.1 Å². The quantitative estimate of drug-likeness (QED) is 0.531. The first-order chi connectivity index (χ1) is 15.1. The van der Waals surface area contributed by atoms with Crippen molar-refractivity contribution < 1.29 is 18.3 Å². The molecule has 3 rings (SSSR count). The molecule has 0 saturated heterocycles. The Morgan fingerprint density at radius 3 is 2.28 bits per heavy atom. The summed E-state index contributed by atoms with van der Waals surface area (Å²) in [6, 6.07) is 14.3. The van der Waals surface area contributed by atoms with Gasteiger partial charge in [-0.1, -0.05) is 69.8 Å². The van der Waals surface area contributed by atoms with Gasteiger partial charge in [0, 0.05) is 7.05 Å². The number of aromatic nitrogens is 2. The second-order valence-corrected chi connectivity index (χ2v) is 10.1. The van der Waals surface area contributed by atoms with E-state index in [-0.39, 0.29) is 35.2 Å². The molecule has 32 heavy (non-hydrogen) atoms. The molecule has 0 spiro atoms. The standard InChI is InChI=1S/C24H29N3O4S/c1-6-17-7-9-18(10-8-17)21-22(27(5)25-23(21)31-16-15-28)26-32(29,30)20-13-11-19(12-14-20)24(2,3)4/h6-14,26,28H,1,15-16H2,2-5H3. The number of ether oxygens (including phenoxy) is 1. The first kappa shape index (κ1) is 23.6. The summed E-state index contributed by atoms with van der Waals surface area (Å²) < 4.78 is 36.0. The Kier molecular flexibility index (Phi) is 6.76. The van der Waals surface area contributed by atoms with Gasteiger partial charge >= 0.3 is 0 Å². The summed E-state index contributed by atoms with van der Waals surface area (Å²) in [6.45, 7) is 9.82. The van der Waals surface area contributed by atoms with E-state index >= 15 is 0 Å². The maximum absolute atomic E-state index is 13.2. The first-order valence-electron chi connectivity index (χ1n) is 10.2.